The zero-order valence-corrected chi connectivity index (χ0v) is 20.5. The highest BCUT2D eigenvalue weighted by Crippen LogP contribution is 2.35. The zero-order chi connectivity index (χ0) is 22.7. The molecule has 0 saturated carbocycles. The highest BCUT2D eigenvalue weighted by molar-refractivity contribution is 9.10. The molecule has 2 aromatic carbocycles. The number of nitrogens with zero attached hydrogens (tertiary/aromatic N) is 2. The number of para-hydroxylation sites is 1. The maximum absolute atomic E-state index is 12.8. The van der Waals surface area contributed by atoms with E-state index in [-0.39, 0.29) is 11.1 Å². The van der Waals surface area contributed by atoms with Crippen LogP contribution >= 0.6 is 27.7 Å². The second kappa shape index (κ2) is 9.96. The van der Waals surface area contributed by atoms with Crippen LogP contribution in [-0.4, -0.2) is 33.8 Å². The predicted octanol–water partition coefficient (Wildman–Crippen LogP) is 6.63. The third-order valence-corrected chi connectivity index (χ3v) is 6.85. The summed E-state index contributed by atoms with van der Waals surface area (Å²) in [7, 11) is 0. The summed E-state index contributed by atoms with van der Waals surface area (Å²) in [5, 5.41) is 0.835. The van der Waals surface area contributed by atoms with Crippen LogP contribution in [0.4, 0.5) is 4.79 Å². The van der Waals surface area contributed by atoms with Gasteiger partial charge in [-0.15, -0.1) is 0 Å². The molecule has 0 spiro atoms. The molecule has 0 atom stereocenters. The number of ether oxygens (including phenoxy) is 1. The van der Waals surface area contributed by atoms with E-state index in [0.717, 1.165) is 56.9 Å². The number of carbonyl (C=O) groups excluding carboxylic acids is 2. The topological polar surface area (TPSA) is 51.5 Å². The van der Waals surface area contributed by atoms with Gasteiger partial charge in [-0.2, -0.15) is 0 Å². The number of hydrogen-bond donors (Lipinski definition) is 0. The molecule has 0 unspecified atom stereocenters. The van der Waals surface area contributed by atoms with Crippen molar-refractivity contribution in [2.45, 2.75) is 33.2 Å². The van der Waals surface area contributed by atoms with Gasteiger partial charge in [-0.25, -0.2) is 0 Å². The summed E-state index contributed by atoms with van der Waals surface area (Å²) in [6, 6.07) is 14.1. The molecule has 1 fully saturated rings. The second-order valence-corrected chi connectivity index (χ2v) is 9.65. The van der Waals surface area contributed by atoms with Gasteiger partial charge in [0.2, 0.25) is 0 Å². The number of hydrogen-bond acceptors (Lipinski definition) is 4. The molecule has 7 heteroatoms. The molecule has 0 aliphatic carbocycles. The van der Waals surface area contributed by atoms with E-state index in [0.29, 0.717) is 24.6 Å². The molecular formula is C25H25BrN2O3S. The SMILES string of the molecule is CCCCN1C(=O)S/C(=C\c2cn(CCOc3ccccc3C)c3ccc(Br)cc23)C1=O. The van der Waals surface area contributed by atoms with Crippen LogP contribution in [0.2, 0.25) is 0 Å². The van der Waals surface area contributed by atoms with Gasteiger partial charge in [0.1, 0.15) is 12.4 Å². The molecule has 1 aliphatic heterocycles. The van der Waals surface area contributed by atoms with E-state index in [1.165, 1.54) is 4.90 Å². The molecule has 1 aromatic heterocycles. The highest BCUT2D eigenvalue weighted by Gasteiger charge is 2.34. The minimum Gasteiger partial charge on any atom is -0.491 e. The summed E-state index contributed by atoms with van der Waals surface area (Å²) >= 11 is 4.57. The van der Waals surface area contributed by atoms with Crippen molar-refractivity contribution in [3.05, 3.63) is 69.2 Å². The normalized spacial score (nSPS) is 15.3. The molecular weight excluding hydrogens is 488 g/mol. The Kier molecular flexibility index (Phi) is 7.06. The first-order valence-corrected chi connectivity index (χ1v) is 12.3. The summed E-state index contributed by atoms with van der Waals surface area (Å²) < 4.78 is 9.08. The molecule has 0 bridgehead atoms. The van der Waals surface area contributed by atoms with Crippen molar-refractivity contribution in [2.24, 2.45) is 0 Å². The predicted molar refractivity (Wildman–Crippen MR) is 134 cm³/mol. The van der Waals surface area contributed by atoms with Crippen molar-refractivity contribution in [3.63, 3.8) is 0 Å². The Hall–Kier alpha value is -2.51. The largest absolute Gasteiger partial charge is 0.491 e. The van der Waals surface area contributed by atoms with Crippen molar-refractivity contribution in [2.75, 3.05) is 13.2 Å². The van der Waals surface area contributed by atoms with Crippen molar-refractivity contribution in [1.29, 1.82) is 0 Å². The summed E-state index contributed by atoms with van der Waals surface area (Å²) in [4.78, 5) is 26.9. The van der Waals surface area contributed by atoms with Gasteiger partial charge in [0.15, 0.2) is 0 Å². The Balaban J connectivity index is 1.59. The minimum atomic E-state index is -0.202. The number of halogens is 1. The standard InChI is InChI=1S/C25H25BrN2O3S/c1-3-4-11-28-24(29)23(32-25(28)30)14-18-16-27(21-10-9-19(26)15-20(18)21)12-13-31-22-8-6-5-7-17(22)2/h5-10,14-16H,3-4,11-13H2,1-2H3/b23-14-. The zero-order valence-electron chi connectivity index (χ0n) is 18.1. The number of unbranched alkanes of at least 4 members (excludes halogenated alkanes) is 1. The first kappa shape index (κ1) is 22.7. The van der Waals surface area contributed by atoms with Crippen molar-refractivity contribution in [3.8, 4) is 5.75 Å². The Morgan fingerprint density at radius 1 is 1.12 bits per heavy atom. The number of benzene rings is 2. The van der Waals surface area contributed by atoms with Crippen LogP contribution in [0.25, 0.3) is 17.0 Å². The van der Waals surface area contributed by atoms with E-state index >= 15 is 0 Å². The van der Waals surface area contributed by atoms with Crippen LogP contribution < -0.4 is 4.74 Å². The molecule has 3 aromatic rings. The Morgan fingerprint density at radius 2 is 1.94 bits per heavy atom. The van der Waals surface area contributed by atoms with Gasteiger partial charge in [0.05, 0.1) is 11.4 Å². The van der Waals surface area contributed by atoms with Gasteiger partial charge in [-0.05, 0) is 61.0 Å². The number of amides is 2. The quantitative estimate of drug-likeness (QED) is 0.318. The summed E-state index contributed by atoms with van der Waals surface area (Å²) in [6.07, 6.45) is 5.62. The lowest BCUT2D eigenvalue weighted by Gasteiger charge is -2.10. The number of fused-ring (bicyclic) bond motifs is 1. The smallest absolute Gasteiger partial charge is 0.293 e. The fourth-order valence-electron chi connectivity index (χ4n) is 3.72. The van der Waals surface area contributed by atoms with E-state index in [2.05, 4.69) is 26.6 Å². The lowest BCUT2D eigenvalue weighted by atomic mass is 10.1. The van der Waals surface area contributed by atoms with Gasteiger partial charge in [0, 0.05) is 33.7 Å². The molecule has 2 heterocycles. The van der Waals surface area contributed by atoms with Gasteiger partial charge in [-0.1, -0.05) is 47.5 Å². The third kappa shape index (κ3) is 4.79. The Morgan fingerprint density at radius 3 is 2.72 bits per heavy atom. The number of aromatic nitrogens is 1. The van der Waals surface area contributed by atoms with E-state index in [1.807, 2.05) is 62.5 Å². The molecule has 1 aliphatic rings. The van der Waals surface area contributed by atoms with Gasteiger partial charge >= 0.3 is 0 Å². The maximum Gasteiger partial charge on any atom is 0.293 e. The summed E-state index contributed by atoms with van der Waals surface area (Å²) in [5.74, 6) is 0.680. The monoisotopic (exact) mass is 512 g/mol. The second-order valence-electron chi connectivity index (χ2n) is 7.74. The molecule has 166 valence electrons. The Labute approximate surface area is 200 Å². The van der Waals surface area contributed by atoms with E-state index in [1.54, 1.807) is 0 Å². The van der Waals surface area contributed by atoms with Crippen LogP contribution in [0.1, 0.15) is 30.9 Å². The summed E-state index contributed by atoms with van der Waals surface area (Å²) in [5.41, 5.74) is 3.07. The molecule has 0 N–H and O–H groups in total. The van der Waals surface area contributed by atoms with Crippen molar-refractivity contribution < 1.29 is 14.3 Å². The van der Waals surface area contributed by atoms with E-state index in [4.69, 9.17) is 4.74 Å². The fraction of sp³-hybridized carbons (Fsp3) is 0.280. The Bertz CT molecular complexity index is 1200. The first-order chi connectivity index (χ1) is 15.5. The molecule has 4 rings (SSSR count). The molecule has 0 radical (unpaired) electrons. The van der Waals surface area contributed by atoms with Gasteiger partial charge in [0.25, 0.3) is 11.1 Å². The van der Waals surface area contributed by atoms with E-state index < -0.39 is 0 Å². The lowest BCUT2D eigenvalue weighted by Crippen LogP contribution is -2.29. The van der Waals surface area contributed by atoms with Crippen LogP contribution in [-0.2, 0) is 11.3 Å². The average molecular weight is 513 g/mol. The highest BCUT2D eigenvalue weighted by atomic mass is 79.9. The number of imide groups is 1. The van der Waals surface area contributed by atoms with Gasteiger partial charge < -0.3 is 9.30 Å². The first-order valence-electron chi connectivity index (χ1n) is 10.7. The number of thioether (sulfide) groups is 1. The summed E-state index contributed by atoms with van der Waals surface area (Å²) in [6.45, 7) is 5.74. The third-order valence-electron chi connectivity index (χ3n) is 5.45. The maximum atomic E-state index is 12.8. The molecule has 5 nitrogen and oxygen atoms in total. The van der Waals surface area contributed by atoms with Crippen LogP contribution in [0.3, 0.4) is 0 Å². The number of aryl methyl sites for hydroxylation is 1. The average Bonchev–Trinajstić information content (AvgIpc) is 3.24. The minimum absolute atomic E-state index is 0.189. The van der Waals surface area contributed by atoms with Crippen LogP contribution in [0, 0.1) is 6.92 Å². The van der Waals surface area contributed by atoms with E-state index in [9.17, 15) is 9.59 Å². The fourth-order valence-corrected chi connectivity index (χ4v) is 4.94. The van der Waals surface area contributed by atoms with Gasteiger partial charge in [-0.3, -0.25) is 14.5 Å². The lowest BCUT2D eigenvalue weighted by molar-refractivity contribution is -0.122. The molecule has 32 heavy (non-hydrogen) atoms. The molecule has 1 saturated heterocycles. The molecule has 2 amide bonds. The van der Waals surface area contributed by atoms with Crippen LogP contribution in [0.5, 0.6) is 5.75 Å². The number of rotatable bonds is 8. The van der Waals surface area contributed by atoms with Crippen molar-refractivity contribution >= 4 is 55.8 Å². The number of carbonyl (C=O) groups is 2. The van der Waals surface area contributed by atoms with Crippen molar-refractivity contribution in [1.82, 2.24) is 9.47 Å². The van der Waals surface area contributed by atoms with Crippen LogP contribution in [0.15, 0.2) is 58.0 Å².